The third kappa shape index (κ3) is 5.85. The number of methoxy groups -OCH3 is 2. The second kappa shape index (κ2) is 9.38. The van der Waals surface area contributed by atoms with Crippen LogP contribution in [0.1, 0.15) is 11.1 Å². The zero-order valence-corrected chi connectivity index (χ0v) is 15.2. The number of amides is 1. The van der Waals surface area contributed by atoms with Gasteiger partial charge in [-0.25, -0.2) is 9.18 Å². The summed E-state index contributed by atoms with van der Waals surface area (Å²) in [6, 6.07) is 9.52. The van der Waals surface area contributed by atoms with Crippen LogP contribution >= 0.6 is 0 Å². The minimum atomic E-state index is -0.715. The van der Waals surface area contributed by atoms with E-state index in [4.69, 9.17) is 14.2 Å². The number of benzene rings is 2. The fraction of sp³-hybridized carbons (Fsp3) is 0.200. The largest absolute Gasteiger partial charge is 0.497 e. The molecule has 7 heteroatoms. The van der Waals surface area contributed by atoms with Gasteiger partial charge in [0.15, 0.2) is 6.61 Å². The number of carbonyl (C=O) groups excluding carboxylic acids is 2. The van der Waals surface area contributed by atoms with Gasteiger partial charge in [0.2, 0.25) is 0 Å². The minimum absolute atomic E-state index is 0.0279. The van der Waals surface area contributed by atoms with Crippen LogP contribution in [-0.4, -0.2) is 32.7 Å². The van der Waals surface area contributed by atoms with Crippen LogP contribution in [0.25, 0.3) is 6.08 Å². The maximum Gasteiger partial charge on any atom is 0.331 e. The van der Waals surface area contributed by atoms with E-state index in [-0.39, 0.29) is 5.69 Å². The standard InChI is InChI=1S/C20H20FNO5/c1-13-4-8-17(16(21)10-13)22-19(23)12-27-20(24)9-6-14-5-7-15(25-2)11-18(14)26-3/h4-11H,12H2,1-3H3,(H,22,23)/b9-6+. The Hall–Kier alpha value is -3.35. The fourth-order valence-electron chi connectivity index (χ4n) is 2.21. The number of hydrogen-bond donors (Lipinski definition) is 1. The highest BCUT2D eigenvalue weighted by Gasteiger charge is 2.09. The van der Waals surface area contributed by atoms with Gasteiger partial charge in [-0.1, -0.05) is 6.07 Å². The van der Waals surface area contributed by atoms with E-state index in [2.05, 4.69) is 5.32 Å². The molecular weight excluding hydrogens is 353 g/mol. The van der Waals surface area contributed by atoms with Crippen LogP contribution in [0.2, 0.25) is 0 Å². The summed E-state index contributed by atoms with van der Waals surface area (Å²) in [6.45, 7) is 1.21. The number of aryl methyl sites for hydroxylation is 1. The lowest BCUT2D eigenvalue weighted by molar-refractivity contribution is -0.142. The Morgan fingerprint density at radius 2 is 1.89 bits per heavy atom. The van der Waals surface area contributed by atoms with Crippen molar-refractivity contribution in [2.75, 3.05) is 26.1 Å². The number of anilines is 1. The SMILES string of the molecule is COc1ccc(/C=C/C(=O)OCC(=O)Nc2ccc(C)cc2F)c(OC)c1. The third-order valence-electron chi connectivity index (χ3n) is 3.58. The normalized spacial score (nSPS) is 10.5. The summed E-state index contributed by atoms with van der Waals surface area (Å²) in [5.74, 6) is -0.771. The van der Waals surface area contributed by atoms with Crippen LogP contribution in [0.4, 0.5) is 10.1 Å². The van der Waals surface area contributed by atoms with Crippen molar-refractivity contribution in [3.05, 3.63) is 59.4 Å². The average Bonchev–Trinajstić information content (AvgIpc) is 2.66. The first-order chi connectivity index (χ1) is 12.9. The van der Waals surface area contributed by atoms with E-state index in [1.54, 1.807) is 31.2 Å². The summed E-state index contributed by atoms with van der Waals surface area (Å²) in [4.78, 5) is 23.6. The van der Waals surface area contributed by atoms with E-state index < -0.39 is 24.3 Å². The summed E-state index contributed by atoms with van der Waals surface area (Å²) in [7, 11) is 3.04. The maximum absolute atomic E-state index is 13.7. The second-order valence-electron chi connectivity index (χ2n) is 5.58. The molecule has 0 bridgehead atoms. The predicted octanol–water partition coefficient (Wildman–Crippen LogP) is 3.35. The van der Waals surface area contributed by atoms with Gasteiger partial charge in [0.05, 0.1) is 19.9 Å². The molecule has 0 aliphatic rings. The van der Waals surface area contributed by atoms with E-state index >= 15 is 0 Å². The number of rotatable bonds is 7. The molecule has 0 aliphatic heterocycles. The molecular formula is C20H20FNO5. The van der Waals surface area contributed by atoms with Gasteiger partial charge in [0.1, 0.15) is 17.3 Å². The van der Waals surface area contributed by atoms with Gasteiger partial charge in [0.25, 0.3) is 5.91 Å². The Bertz CT molecular complexity index is 863. The predicted molar refractivity (Wildman–Crippen MR) is 99.3 cm³/mol. The molecule has 0 aromatic heterocycles. The molecule has 0 spiro atoms. The topological polar surface area (TPSA) is 73.9 Å². The summed E-state index contributed by atoms with van der Waals surface area (Å²) in [5.41, 5.74) is 1.40. The lowest BCUT2D eigenvalue weighted by atomic mass is 10.2. The smallest absolute Gasteiger partial charge is 0.331 e. The minimum Gasteiger partial charge on any atom is -0.497 e. The lowest BCUT2D eigenvalue weighted by Crippen LogP contribution is -2.20. The Morgan fingerprint density at radius 1 is 1.11 bits per heavy atom. The number of nitrogens with one attached hydrogen (secondary N) is 1. The van der Waals surface area contributed by atoms with Gasteiger partial charge in [-0.2, -0.15) is 0 Å². The third-order valence-corrected chi connectivity index (χ3v) is 3.58. The summed E-state index contributed by atoms with van der Waals surface area (Å²) >= 11 is 0. The number of carbonyl (C=O) groups is 2. The van der Waals surface area contributed by atoms with Crippen molar-refractivity contribution in [2.24, 2.45) is 0 Å². The molecule has 0 saturated heterocycles. The highest BCUT2D eigenvalue weighted by molar-refractivity contribution is 5.94. The quantitative estimate of drug-likeness (QED) is 0.595. The maximum atomic E-state index is 13.7. The summed E-state index contributed by atoms with van der Waals surface area (Å²) in [5, 5.41) is 2.35. The molecule has 0 unspecified atom stereocenters. The van der Waals surface area contributed by atoms with Crippen LogP contribution in [0, 0.1) is 12.7 Å². The van der Waals surface area contributed by atoms with E-state index in [1.807, 2.05) is 0 Å². The van der Waals surface area contributed by atoms with Crippen LogP contribution in [0.15, 0.2) is 42.5 Å². The molecule has 1 N–H and O–H groups in total. The molecule has 142 valence electrons. The van der Waals surface area contributed by atoms with Crippen LogP contribution in [0.3, 0.4) is 0 Å². The molecule has 0 atom stereocenters. The molecule has 0 radical (unpaired) electrons. The summed E-state index contributed by atoms with van der Waals surface area (Å²) in [6.07, 6.45) is 2.67. The molecule has 2 aromatic carbocycles. The fourth-order valence-corrected chi connectivity index (χ4v) is 2.21. The first-order valence-electron chi connectivity index (χ1n) is 8.06. The van der Waals surface area contributed by atoms with Crippen molar-refractivity contribution in [3.63, 3.8) is 0 Å². The van der Waals surface area contributed by atoms with Gasteiger partial charge in [-0.05, 0) is 42.8 Å². The highest BCUT2D eigenvalue weighted by Crippen LogP contribution is 2.25. The highest BCUT2D eigenvalue weighted by atomic mass is 19.1. The summed E-state index contributed by atoms with van der Waals surface area (Å²) < 4.78 is 28.9. The average molecular weight is 373 g/mol. The van der Waals surface area contributed by atoms with E-state index in [0.29, 0.717) is 17.1 Å². The molecule has 2 rings (SSSR count). The van der Waals surface area contributed by atoms with Gasteiger partial charge >= 0.3 is 5.97 Å². The first kappa shape index (κ1) is 20.0. The van der Waals surface area contributed by atoms with Crippen LogP contribution in [0.5, 0.6) is 11.5 Å². The second-order valence-corrected chi connectivity index (χ2v) is 5.58. The number of halogens is 1. The number of hydrogen-bond acceptors (Lipinski definition) is 5. The molecule has 0 heterocycles. The Kier molecular flexibility index (Phi) is 6.93. The molecule has 2 aromatic rings. The van der Waals surface area contributed by atoms with Gasteiger partial charge < -0.3 is 19.5 Å². The Balaban J connectivity index is 1.90. The van der Waals surface area contributed by atoms with Crippen molar-refractivity contribution in [1.82, 2.24) is 0 Å². The van der Waals surface area contributed by atoms with Gasteiger partial charge in [0, 0.05) is 17.7 Å². The van der Waals surface area contributed by atoms with Crippen molar-refractivity contribution in [2.45, 2.75) is 6.92 Å². The Labute approximate surface area is 156 Å². The molecule has 0 saturated carbocycles. The van der Waals surface area contributed by atoms with Crippen molar-refractivity contribution >= 4 is 23.6 Å². The van der Waals surface area contributed by atoms with Crippen LogP contribution in [-0.2, 0) is 14.3 Å². The molecule has 0 fully saturated rings. The Morgan fingerprint density at radius 3 is 2.56 bits per heavy atom. The van der Waals surface area contributed by atoms with Crippen molar-refractivity contribution in [3.8, 4) is 11.5 Å². The zero-order valence-electron chi connectivity index (χ0n) is 15.2. The molecule has 1 amide bonds. The molecule has 0 aliphatic carbocycles. The monoisotopic (exact) mass is 373 g/mol. The van der Waals surface area contributed by atoms with Crippen molar-refractivity contribution in [1.29, 1.82) is 0 Å². The number of ether oxygens (including phenoxy) is 3. The van der Waals surface area contributed by atoms with Gasteiger partial charge in [-0.15, -0.1) is 0 Å². The van der Waals surface area contributed by atoms with Crippen LogP contribution < -0.4 is 14.8 Å². The number of esters is 1. The lowest BCUT2D eigenvalue weighted by Gasteiger charge is -2.08. The van der Waals surface area contributed by atoms with E-state index in [0.717, 1.165) is 5.56 Å². The van der Waals surface area contributed by atoms with E-state index in [9.17, 15) is 14.0 Å². The van der Waals surface area contributed by atoms with Crippen molar-refractivity contribution < 1.29 is 28.2 Å². The molecule has 27 heavy (non-hydrogen) atoms. The van der Waals surface area contributed by atoms with Gasteiger partial charge in [-0.3, -0.25) is 4.79 Å². The molecule has 6 nitrogen and oxygen atoms in total. The zero-order chi connectivity index (χ0) is 19.8. The van der Waals surface area contributed by atoms with E-state index in [1.165, 1.54) is 38.5 Å². The first-order valence-corrected chi connectivity index (χ1v) is 8.06.